The van der Waals surface area contributed by atoms with Crippen LogP contribution in [0.1, 0.15) is 86.4 Å². The summed E-state index contributed by atoms with van der Waals surface area (Å²) in [5, 5.41) is 0. The van der Waals surface area contributed by atoms with E-state index in [0.29, 0.717) is 30.3 Å². The molecule has 0 saturated heterocycles. The Morgan fingerprint density at radius 3 is 2.16 bits per heavy atom. The summed E-state index contributed by atoms with van der Waals surface area (Å²) in [5.41, 5.74) is 0.789. The molecule has 1 unspecified atom stereocenters. The Kier molecular flexibility index (Phi) is 10.6. The molecule has 0 spiro atoms. The minimum atomic E-state index is -0.389. The molecule has 1 atom stereocenters. The van der Waals surface area contributed by atoms with Gasteiger partial charge in [-0.2, -0.15) is 0 Å². The van der Waals surface area contributed by atoms with Crippen LogP contribution in [-0.2, 0) is 9.47 Å². The number of ether oxygens (including phenoxy) is 2. The van der Waals surface area contributed by atoms with Crippen LogP contribution in [0.4, 0.5) is 0 Å². The Morgan fingerprint density at radius 1 is 0.920 bits per heavy atom. The molecule has 4 heteroatoms. The van der Waals surface area contributed by atoms with Gasteiger partial charge in [-0.3, -0.25) is 0 Å². The van der Waals surface area contributed by atoms with Gasteiger partial charge in [0.25, 0.3) is 0 Å². The zero-order chi connectivity index (χ0) is 18.5. The Bertz CT molecular complexity index is 524. The second-order valence-electron chi connectivity index (χ2n) is 6.44. The molecule has 0 amide bonds. The van der Waals surface area contributed by atoms with Gasteiger partial charge in [0.2, 0.25) is 0 Å². The van der Waals surface area contributed by atoms with Crippen molar-refractivity contribution in [1.82, 2.24) is 0 Å². The molecule has 0 radical (unpaired) electrons. The van der Waals surface area contributed by atoms with Gasteiger partial charge in [0.1, 0.15) is 0 Å². The number of esters is 2. The number of carbonyl (C=O) groups is 2. The minimum Gasteiger partial charge on any atom is -0.462 e. The molecule has 25 heavy (non-hydrogen) atoms. The van der Waals surface area contributed by atoms with Crippen LogP contribution in [0.15, 0.2) is 24.3 Å². The van der Waals surface area contributed by atoms with Gasteiger partial charge in [0, 0.05) is 0 Å². The fourth-order valence-corrected chi connectivity index (χ4v) is 2.55. The molecule has 4 nitrogen and oxygen atoms in total. The van der Waals surface area contributed by atoms with E-state index in [1.807, 2.05) is 0 Å². The number of benzene rings is 1. The maximum Gasteiger partial charge on any atom is 0.338 e. The van der Waals surface area contributed by atoms with Crippen molar-refractivity contribution in [3.8, 4) is 0 Å². The molecule has 0 heterocycles. The molecule has 0 aliphatic heterocycles. The summed E-state index contributed by atoms with van der Waals surface area (Å²) in [5.74, 6) is -0.369. The topological polar surface area (TPSA) is 52.6 Å². The SMILES string of the molecule is CCCCCOC(=O)c1cccc(C(=O)OCC(CC)CCCC)c1. The molecule has 0 aliphatic carbocycles. The van der Waals surface area contributed by atoms with Gasteiger partial charge in [-0.25, -0.2) is 9.59 Å². The molecule has 1 rings (SSSR count). The summed E-state index contributed by atoms with van der Waals surface area (Å²) in [7, 11) is 0. The highest BCUT2D eigenvalue weighted by molar-refractivity contribution is 5.95. The van der Waals surface area contributed by atoms with Crippen LogP contribution in [0.3, 0.4) is 0 Å². The van der Waals surface area contributed by atoms with Crippen LogP contribution in [-0.4, -0.2) is 25.2 Å². The van der Waals surface area contributed by atoms with E-state index in [1.165, 1.54) is 0 Å². The lowest BCUT2D eigenvalue weighted by molar-refractivity contribution is 0.0428. The molecule has 0 aromatic heterocycles. The van der Waals surface area contributed by atoms with Crippen LogP contribution in [0.2, 0.25) is 0 Å². The van der Waals surface area contributed by atoms with Crippen molar-refractivity contribution in [2.24, 2.45) is 5.92 Å². The van der Waals surface area contributed by atoms with Gasteiger partial charge in [0.15, 0.2) is 0 Å². The molecular formula is C21H32O4. The molecule has 0 saturated carbocycles. The van der Waals surface area contributed by atoms with Crippen LogP contribution in [0, 0.1) is 5.92 Å². The number of rotatable bonds is 12. The van der Waals surface area contributed by atoms with Crippen molar-refractivity contribution in [3.63, 3.8) is 0 Å². The van der Waals surface area contributed by atoms with Crippen molar-refractivity contribution < 1.29 is 19.1 Å². The highest BCUT2D eigenvalue weighted by atomic mass is 16.5. The summed E-state index contributed by atoms with van der Waals surface area (Å²) in [6.45, 7) is 7.22. The summed E-state index contributed by atoms with van der Waals surface area (Å²) in [6.07, 6.45) is 7.34. The van der Waals surface area contributed by atoms with E-state index in [0.717, 1.165) is 44.9 Å². The third kappa shape index (κ3) is 8.19. The first kappa shape index (κ1) is 21.2. The standard InChI is InChI=1S/C21H32O4/c1-4-7-9-14-24-20(22)18-12-10-13-19(15-18)21(23)25-16-17(6-3)11-8-5-2/h10,12-13,15,17H,4-9,11,14,16H2,1-3H3. The molecule has 1 aromatic rings. The average molecular weight is 348 g/mol. The summed E-state index contributed by atoms with van der Waals surface area (Å²) in [4.78, 5) is 24.3. The Balaban J connectivity index is 2.55. The van der Waals surface area contributed by atoms with Gasteiger partial charge < -0.3 is 9.47 Å². The molecule has 0 bridgehead atoms. The second kappa shape index (κ2) is 12.5. The molecule has 140 valence electrons. The highest BCUT2D eigenvalue weighted by Gasteiger charge is 2.14. The lowest BCUT2D eigenvalue weighted by Crippen LogP contribution is -2.15. The van der Waals surface area contributed by atoms with E-state index in [-0.39, 0.29) is 11.9 Å². The van der Waals surface area contributed by atoms with Crippen LogP contribution < -0.4 is 0 Å². The normalized spacial score (nSPS) is 11.8. The van der Waals surface area contributed by atoms with Gasteiger partial charge in [-0.05, 0) is 37.0 Å². The van der Waals surface area contributed by atoms with E-state index < -0.39 is 0 Å². The van der Waals surface area contributed by atoms with Crippen LogP contribution in [0.25, 0.3) is 0 Å². The molecule has 0 aliphatic rings. The zero-order valence-electron chi connectivity index (χ0n) is 15.9. The Hall–Kier alpha value is -1.84. The molecule has 0 N–H and O–H groups in total. The molecule has 1 aromatic carbocycles. The zero-order valence-corrected chi connectivity index (χ0v) is 15.9. The second-order valence-corrected chi connectivity index (χ2v) is 6.44. The third-order valence-electron chi connectivity index (χ3n) is 4.31. The fraction of sp³-hybridized carbons (Fsp3) is 0.619. The summed E-state index contributed by atoms with van der Waals surface area (Å²) in [6, 6.07) is 6.57. The van der Waals surface area contributed by atoms with E-state index in [4.69, 9.17) is 9.47 Å². The van der Waals surface area contributed by atoms with Crippen molar-refractivity contribution in [3.05, 3.63) is 35.4 Å². The van der Waals surface area contributed by atoms with Crippen LogP contribution >= 0.6 is 0 Å². The van der Waals surface area contributed by atoms with Crippen molar-refractivity contribution in [2.75, 3.05) is 13.2 Å². The van der Waals surface area contributed by atoms with E-state index in [2.05, 4.69) is 20.8 Å². The summed E-state index contributed by atoms with van der Waals surface area (Å²) >= 11 is 0. The predicted octanol–water partition coefficient (Wildman–Crippen LogP) is 5.41. The average Bonchev–Trinajstić information content (AvgIpc) is 2.65. The summed E-state index contributed by atoms with van der Waals surface area (Å²) < 4.78 is 10.7. The Morgan fingerprint density at radius 2 is 1.56 bits per heavy atom. The van der Waals surface area contributed by atoms with E-state index >= 15 is 0 Å². The number of hydrogen-bond donors (Lipinski definition) is 0. The maximum atomic E-state index is 12.2. The number of hydrogen-bond acceptors (Lipinski definition) is 4. The van der Waals surface area contributed by atoms with E-state index in [1.54, 1.807) is 24.3 Å². The predicted molar refractivity (Wildman–Crippen MR) is 99.8 cm³/mol. The largest absolute Gasteiger partial charge is 0.462 e. The van der Waals surface area contributed by atoms with Crippen LogP contribution in [0.5, 0.6) is 0 Å². The van der Waals surface area contributed by atoms with Gasteiger partial charge >= 0.3 is 11.9 Å². The third-order valence-corrected chi connectivity index (χ3v) is 4.31. The molecule has 0 fully saturated rings. The van der Waals surface area contributed by atoms with Crippen molar-refractivity contribution >= 4 is 11.9 Å². The maximum absolute atomic E-state index is 12.2. The lowest BCUT2D eigenvalue weighted by Gasteiger charge is -2.14. The van der Waals surface area contributed by atoms with Gasteiger partial charge in [0.05, 0.1) is 24.3 Å². The smallest absolute Gasteiger partial charge is 0.338 e. The van der Waals surface area contributed by atoms with E-state index in [9.17, 15) is 9.59 Å². The van der Waals surface area contributed by atoms with Crippen molar-refractivity contribution in [2.45, 2.75) is 65.7 Å². The minimum absolute atomic E-state index is 0.379. The number of carbonyl (C=O) groups excluding carboxylic acids is 2. The van der Waals surface area contributed by atoms with Crippen molar-refractivity contribution in [1.29, 1.82) is 0 Å². The monoisotopic (exact) mass is 348 g/mol. The molecular weight excluding hydrogens is 316 g/mol. The number of unbranched alkanes of at least 4 members (excludes halogenated alkanes) is 3. The van der Waals surface area contributed by atoms with Gasteiger partial charge in [-0.1, -0.05) is 58.9 Å². The lowest BCUT2D eigenvalue weighted by atomic mass is 10.0. The Labute approximate surface area is 151 Å². The fourth-order valence-electron chi connectivity index (χ4n) is 2.55. The first-order chi connectivity index (χ1) is 12.1. The quantitative estimate of drug-likeness (QED) is 0.374. The van der Waals surface area contributed by atoms with Gasteiger partial charge in [-0.15, -0.1) is 0 Å². The highest BCUT2D eigenvalue weighted by Crippen LogP contribution is 2.15. The first-order valence-corrected chi connectivity index (χ1v) is 9.56. The first-order valence-electron chi connectivity index (χ1n) is 9.56.